The lowest BCUT2D eigenvalue weighted by Gasteiger charge is -1.98. The summed E-state index contributed by atoms with van der Waals surface area (Å²) in [6, 6.07) is 13.5. The van der Waals surface area contributed by atoms with Crippen LogP contribution < -0.4 is 0 Å². The molecule has 0 atom stereocenters. The molecule has 2 aromatic carbocycles. The maximum atomic E-state index is 11.8. The zero-order valence-electron chi connectivity index (χ0n) is 6.92. The molecule has 0 amide bonds. The van der Waals surface area contributed by atoms with Crippen molar-refractivity contribution in [1.29, 1.82) is 0 Å². The first-order valence-corrected chi connectivity index (χ1v) is 4.01. The Morgan fingerprint density at radius 2 is 1.69 bits per heavy atom. The van der Waals surface area contributed by atoms with Crippen LogP contribution in [0.25, 0.3) is 10.8 Å². The lowest BCUT2D eigenvalue weighted by molar-refractivity contribution is 0.774. The molecule has 0 aliphatic carbocycles. The van der Waals surface area contributed by atoms with Gasteiger partial charge < -0.3 is 0 Å². The Morgan fingerprint density at radius 1 is 0.923 bits per heavy atom. The van der Waals surface area contributed by atoms with E-state index in [0.29, 0.717) is 0 Å². The molecule has 2 rings (SSSR count). The van der Waals surface area contributed by atoms with Crippen LogP contribution in [0.4, 0.5) is 4.39 Å². The number of rotatable bonds is 0. The van der Waals surface area contributed by atoms with E-state index in [1.807, 2.05) is 42.5 Å². The summed E-state index contributed by atoms with van der Waals surface area (Å²) in [5.74, 6) is 2.43. The minimum absolute atomic E-state index is 0.737. The third-order valence-corrected chi connectivity index (χ3v) is 1.97. The number of hydrogen-bond donors (Lipinski definition) is 0. The zero-order valence-corrected chi connectivity index (χ0v) is 6.92. The average molecular weight is 170 g/mol. The number of halogens is 1. The summed E-state index contributed by atoms with van der Waals surface area (Å²) in [7, 11) is 0. The lowest BCUT2D eigenvalue weighted by Crippen LogP contribution is -1.77. The molecule has 62 valence electrons. The normalized spacial score (nSPS) is 9.31. The fraction of sp³-hybridized carbons (Fsp3) is 0. The second-order valence-corrected chi connectivity index (χ2v) is 2.75. The predicted molar refractivity (Wildman–Crippen MR) is 51.9 cm³/mol. The van der Waals surface area contributed by atoms with Gasteiger partial charge in [0.1, 0.15) is 6.17 Å². The van der Waals surface area contributed by atoms with Gasteiger partial charge in [0.05, 0.1) is 0 Å². The van der Waals surface area contributed by atoms with Crippen molar-refractivity contribution in [3.8, 4) is 12.1 Å². The van der Waals surface area contributed by atoms with Crippen LogP contribution >= 0.6 is 0 Å². The van der Waals surface area contributed by atoms with Crippen molar-refractivity contribution in [2.75, 3.05) is 0 Å². The minimum atomic E-state index is 0.737. The number of benzene rings is 2. The van der Waals surface area contributed by atoms with Crippen LogP contribution in [0.3, 0.4) is 0 Å². The average Bonchev–Trinajstić information content (AvgIpc) is 2.19. The molecule has 0 aliphatic rings. The van der Waals surface area contributed by atoms with Crippen LogP contribution in [0.5, 0.6) is 0 Å². The Labute approximate surface area is 76.0 Å². The van der Waals surface area contributed by atoms with Gasteiger partial charge in [-0.15, -0.1) is 4.39 Å². The third kappa shape index (κ3) is 1.39. The summed E-state index contributed by atoms with van der Waals surface area (Å²) in [4.78, 5) is 0. The summed E-state index contributed by atoms with van der Waals surface area (Å²) < 4.78 is 11.8. The zero-order chi connectivity index (χ0) is 9.10. The van der Waals surface area contributed by atoms with Gasteiger partial charge >= 0.3 is 0 Å². The summed E-state index contributed by atoms with van der Waals surface area (Å²) in [6.07, 6.45) is 1.43. The summed E-state index contributed by atoms with van der Waals surface area (Å²) in [5.41, 5.74) is 0.737. The third-order valence-electron chi connectivity index (χ3n) is 1.97. The van der Waals surface area contributed by atoms with Gasteiger partial charge in [0, 0.05) is 5.56 Å². The first-order chi connectivity index (χ1) is 6.42. The second kappa shape index (κ2) is 3.28. The van der Waals surface area contributed by atoms with Gasteiger partial charge in [-0.1, -0.05) is 36.4 Å². The van der Waals surface area contributed by atoms with Gasteiger partial charge in [-0.3, -0.25) is 0 Å². The fourth-order valence-electron chi connectivity index (χ4n) is 1.39. The van der Waals surface area contributed by atoms with Crippen molar-refractivity contribution >= 4 is 10.8 Å². The first kappa shape index (κ1) is 7.82. The lowest BCUT2D eigenvalue weighted by atomic mass is 10.1. The van der Waals surface area contributed by atoms with Crippen molar-refractivity contribution < 1.29 is 4.39 Å². The maximum Gasteiger partial charge on any atom is 0.111 e. The summed E-state index contributed by atoms with van der Waals surface area (Å²) in [6.45, 7) is 0. The molecule has 0 fully saturated rings. The van der Waals surface area contributed by atoms with Crippen molar-refractivity contribution in [1.82, 2.24) is 0 Å². The van der Waals surface area contributed by atoms with E-state index < -0.39 is 0 Å². The standard InChI is InChI=1S/C12H7F/c13-9-8-11-6-3-5-10-4-1-2-7-12(10)11/h1-7H. The van der Waals surface area contributed by atoms with Crippen LogP contribution in [0.2, 0.25) is 0 Å². The smallest absolute Gasteiger partial charge is 0.111 e. The Kier molecular flexibility index (Phi) is 1.97. The monoisotopic (exact) mass is 170 g/mol. The minimum Gasteiger partial charge on any atom is -0.144 e. The van der Waals surface area contributed by atoms with Crippen LogP contribution in [0, 0.1) is 12.1 Å². The molecule has 0 aromatic heterocycles. The first-order valence-electron chi connectivity index (χ1n) is 4.01. The molecule has 0 saturated heterocycles. The molecule has 0 radical (unpaired) electrons. The Balaban J connectivity index is 2.80. The van der Waals surface area contributed by atoms with E-state index in [4.69, 9.17) is 0 Å². The summed E-state index contributed by atoms with van der Waals surface area (Å²) in [5, 5.41) is 2.08. The molecule has 0 heterocycles. The Morgan fingerprint density at radius 3 is 2.54 bits per heavy atom. The highest BCUT2D eigenvalue weighted by atomic mass is 19.1. The van der Waals surface area contributed by atoms with E-state index in [9.17, 15) is 4.39 Å². The molecule has 0 N–H and O–H groups in total. The highest BCUT2D eigenvalue weighted by Crippen LogP contribution is 2.17. The molecule has 2 aromatic rings. The van der Waals surface area contributed by atoms with Gasteiger partial charge in [-0.05, 0) is 22.8 Å². The Hall–Kier alpha value is -1.81. The molecular weight excluding hydrogens is 163 g/mol. The van der Waals surface area contributed by atoms with E-state index in [0.717, 1.165) is 16.3 Å². The van der Waals surface area contributed by atoms with Gasteiger partial charge in [0.2, 0.25) is 0 Å². The number of fused-ring (bicyclic) bond motifs is 1. The summed E-state index contributed by atoms with van der Waals surface area (Å²) >= 11 is 0. The predicted octanol–water partition coefficient (Wildman–Crippen LogP) is 3.12. The van der Waals surface area contributed by atoms with Gasteiger partial charge in [0.25, 0.3) is 0 Å². The van der Waals surface area contributed by atoms with E-state index in [1.54, 1.807) is 0 Å². The highest BCUT2D eigenvalue weighted by Gasteiger charge is 1.95. The topological polar surface area (TPSA) is 0 Å². The molecule has 0 saturated carbocycles. The van der Waals surface area contributed by atoms with Crippen molar-refractivity contribution in [3.63, 3.8) is 0 Å². The quantitative estimate of drug-likeness (QED) is 0.533. The Bertz CT molecular complexity index is 484. The van der Waals surface area contributed by atoms with Crippen molar-refractivity contribution in [2.24, 2.45) is 0 Å². The maximum absolute atomic E-state index is 11.8. The molecule has 0 unspecified atom stereocenters. The van der Waals surface area contributed by atoms with Gasteiger partial charge in [0.15, 0.2) is 0 Å². The van der Waals surface area contributed by atoms with E-state index in [-0.39, 0.29) is 0 Å². The van der Waals surface area contributed by atoms with Gasteiger partial charge in [-0.2, -0.15) is 0 Å². The molecule has 0 bridgehead atoms. The van der Waals surface area contributed by atoms with Crippen LogP contribution in [0.15, 0.2) is 42.5 Å². The van der Waals surface area contributed by atoms with Crippen molar-refractivity contribution in [3.05, 3.63) is 48.0 Å². The van der Waals surface area contributed by atoms with Crippen molar-refractivity contribution in [2.45, 2.75) is 0 Å². The second-order valence-electron chi connectivity index (χ2n) is 2.75. The number of hydrogen-bond acceptors (Lipinski definition) is 0. The van der Waals surface area contributed by atoms with E-state index >= 15 is 0 Å². The largest absolute Gasteiger partial charge is 0.144 e. The highest BCUT2D eigenvalue weighted by molar-refractivity contribution is 5.87. The molecule has 0 spiro atoms. The van der Waals surface area contributed by atoms with Gasteiger partial charge in [-0.25, -0.2) is 0 Å². The van der Waals surface area contributed by atoms with Crippen LogP contribution in [0.1, 0.15) is 5.56 Å². The molecule has 13 heavy (non-hydrogen) atoms. The van der Waals surface area contributed by atoms with Crippen LogP contribution in [-0.2, 0) is 0 Å². The molecule has 0 aliphatic heterocycles. The molecule has 1 heteroatoms. The van der Waals surface area contributed by atoms with E-state index in [2.05, 4.69) is 5.92 Å². The van der Waals surface area contributed by atoms with E-state index in [1.165, 1.54) is 6.17 Å². The molecular formula is C12H7F. The van der Waals surface area contributed by atoms with Crippen LogP contribution in [-0.4, -0.2) is 0 Å². The fourth-order valence-corrected chi connectivity index (χ4v) is 1.39. The molecule has 0 nitrogen and oxygen atoms in total. The SMILES string of the molecule is FC#Cc1cccc2ccccc12.